The van der Waals surface area contributed by atoms with Crippen LogP contribution in [0, 0.1) is 0 Å². The maximum absolute atomic E-state index is 9.12. The molecule has 1 N–H and O–H groups in total. The highest BCUT2D eigenvalue weighted by molar-refractivity contribution is 7.19. The molecule has 2 aromatic carbocycles. The van der Waals surface area contributed by atoms with Crippen molar-refractivity contribution >= 4 is 45.3 Å². The van der Waals surface area contributed by atoms with Crippen LogP contribution in [-0.2, 0) is 6.61 Å². The summed E-state index contributed by atoms with van der Waals surface area (Å²) in [6.45, 7) is 0.0569. The van der Waals surface area contributed by atoms with Crippen molar-refractivity contribution in [3.63, 3.8) is 0 Å². The molecule has 0 fully saturated rings. The van der Waals surface area contributed by atoms with Gasteiger partial charge in [0.2, 0.25) is 0 Å². The molecule has 0 saturated heterocycles. The minimum atomic E-state index is 0.0569. The van der Waals surface area contributed by atoms with Crippen molar-refractivity contribution < 1.29 is 5.11 Å². The zero-order valence-corrected chi connectivity index (χ0v) is 12.2. The van der Waals surface area contributed by atoms with Crippen molar-refractivity contribution in [2.75, 3.05) is 0 Å². The average Bonchev–Trinajstić information content (AvgIpc) is 2.87. The smallest absolute Gasteiger partial charge is 0.117 e. The van der Waals surface area contributed by atoms with Crippen LogP contribution in [0.1, 0.15) is 16.1 Å². The average molecular weight is 302 g/mol. The van der Waals surface area contributed by atoms with Crippen LogP contribution in [0.15, 0.2) is 42.5 Å². The molecule has 0 atom stereocenters. The van der Waals surface area contributed by atoms with Crippen molar-refractivity contribution in [2.45, 2.75) is 6.61 Å². The molecule has 0 bridgehead atoms. The van der Waals surface area contributed by atoms with E-state index >= 15 is 0 Å². The van der Waals surface area contributed by atoms with Crippen molar-refractivity contribution in [2.24, 2.45) is 0 Å². The molecule has 0 amide bonds. The number of hydrogen-bond acceptors (Lipinski definition) is 3. The van der Waals surface area contributed by atoms with E-state index in [2.05, 4.69) is 4.98 Å². The van der Waals surface area contributed by atoms with Crippen LogP contribution >= 0.6 is 22.9 Å². The fraction of sp³-hybridized carbons (Fsp3) is 0.0625. The number of hydrogen-bond donors (Lipinski definition) is 1. The molecule has 0 aliphatic heterocycles. The Hall–Kier alpha value is -1.68. The molecule has 1 heterocycles. The normalized spacial score (nSPS) is 11.5. The number of fused-ring (bicyclic) bond motifs is 1. The first-order chi connectivity index (χ1) is 9.74. The third kappa shape index (κ3) is 2.90. The maximum Gasteiger partial charge on any atom is 0.117 e. The zero-order valence-electron chi connectivity index (χ0n) is 10.6. The van der Waals surface area contributed by atoms with E-state index < -0.39 is 0 Å². The first-order valence-electron chi connectivity index (χ1n) is 6.18. The second-order valence-electron chi connectivity index (χ2n) is 4.40. The number of aliphatic hydroxyl groups excluding tert-OH is 1. The van der Waals surface area contributed by atoms with Crippen LogP contribution in [0.5, 0.6) is 0 Å². The first kappa shape index (κ1) is 13.3. The molecule has 4 heteroatoms. The number of aliphatic hydroxyl groups is 1. The van der Waals surface area contributed by atoms with Gasteiger partial charge >= 0.3 is 0 Å². The van der Waals surface area contributed by atoms with Gasteiger partial charge in [0, 0.05) is 5.02 Å². The quantitative estimate of drug-likeness (QED) is 0.766. The number of thiazole rings is 1. The fourth-order valence-electron chi connectivity index (χ4n) is 1.95. The third-order valence-electron chi connectivity index (χ3n) is 2.92. The SMILES string of the molecule is OCc1cccc(/C=C/c2nc3cc(Cl)ccc3s2)c1. The van der Waals surface area contributed by atoms with E-state index in [4.69, 9.17) is 16.7 Å². The summed E-state index contributed by atoms with van der Waals surface area (Å²) < 4.78 is 1.12. The molecule has 3 aromatic rings. The molecule has 0 aliphatic rings. The van der Waals surface area contributed by atoms with Crippen LogP contribution in [0.4, 0.5) is 0 Å². The zero-order chi connectivity index (χ0) is 13.9. The van der Waals surface area contributed by atoms with Crippen LogP contribution < -0.4 is 0 Å². The Bertz CT molecular complexity index is 779. The van der Waals surface area contributed by atoms with Gasteiger partial charge in [0.25, 0.3) is 0 Å². The molecule has 0 radical (unpaired) electrons. The summed E-state index contributed by atoms with van der Waals surface area (Å²) in [7, 11) is 0. The van der Waals surface area contributed by atoms with Crippen molar-refractivity contribution in [1.29, 1.82) is 0 Å². The van der Waals surface area contributed by atoms with Crippen molar-refractivity contribution in [3.05, 3.63) is 63.6 Å². The van der Waals surface area contributed by atoms with E-state index in [1.54, 1.807) is 11.3 Å². The monoisotopic (exact) mass is 301 g/mol. The Balaban J connectivity index is 1.89. The maximum atomic E-state index is 9.12. The molecule has 0 spiro atoms. The van der Waals surface area contributed by atoms with Gasteiger partial charge in [-0.25, -0.2) is 4.98 Å². The third-order valence-corrected chi connectivity index (χ3v) is 4.15. The van der Waals surface area contributed by atoms with Gasteiger partial charge < -0.3 is 5.11 Å². The van der Waals surface area contributed by atoms with Crippen LogP contribution in [0.3, 0.4) is 0 Å². The number of halogens is 1. The lowest BCUT2D eigenvalue weighted by Gasteiger charge is -1.97. The predicted octanol–water partition coefficient (Wildman–Crippen LogP) is 4.61. The molecule has 20 heavy (non-hydrogen) atoms. The minimum Gasteiger partial charge on any atom is -0.392 e. The minimum absolute atomic E-state index is 0.0569. The van der Waals surface area contributed by atoms with Gasteiger partial charge in [-0.15, -0.1) is 11.3 Å². The van der Waals surface area contributed by atoms with Crippen LogP contribution in [0.25, 0.3) is 22.4 Å². The molecular weight excluding hydrogens is 290 g/mol. The first-order valence-corrected chi connectivity index (χ1v) is 7.38. The Morgan fingerprint density at radius 2 is 2.05 bits per heavy atom. The van der Waals surface area contributed by atoms with Gasteiger partial charge in [-0.3, -0.25) is 0 Å². The summed E-state index contributed by atoms with van der Waals surface area (Å²) in [6.07, 6.45) is 3.98. The number of nitrogens with zero attached hydrogens (tertiary/aromatic N) is 1. The Kier molecular flexibility index (Phi) is 3.83. The summed E-state index contributed by atoms with van der Waals surface area (Å²) in [5.74, 6) is 0. The van der Waals surface area contributed by atoms with Crippen LogP contribution in [0.2, 0.25) is 5.02 Å². The number of aromatic nitrogens is 1. The van der Waals surface area contributed by atoms with Crippen molar-refractivity contribution in [1.82, 2.24) is 4.98 Å². The lowest BCUT2D eigenvalue weighted by molar-refractivity contribution is 0.282. The van der Waals surface area contributed by atoms with E-state index in [9.17, 15) is 0 Å². The summed E-state index contributed by atoms with van der Waals surface area (Å²) >= 11 is 7.59. The topological polar surface area (TPSA) is 33.1 Å². The highest BCUT2D eigenvalue weighted by Gasteiger charge is 2.01. The van der Waals surface area contributed by atoms with E-state index in [-0.39, 0.29) is 6.61 Å². The van der Waals surface area contributed by atoms with E-state index in [1.165, 1.54) is 0 Å². The molecule has 100 valence electrons. The molecular formula is C16H12ClNOS. The highest BCUT2D eigenvalue weighted by Crippen LogP contribution is 2.26. The van der Waals surface area contributed by atoms with E-state index in [0.29, 0.717) is 5.02 Å². The Morgan fingerprint density at radius 1 is 1.15 bits per heavy atom. The molecule has 0 unspecified atom stereocenters. The second-order valence-corrected chi connectivity index (χ2v) is 5.90. The van der Waals surface area contributed by atoms with E-state index in [1.807, 2.05) is 54.6 Å². The fourth-order valence-corrected chi connectivity index (χ4v) is 2.97. The Labute approximate surface area is 126 Å². The number of rotatable bonds is 3. The van der Waals surface area contributed by atoms with E-state index in [0.717, 1.165) is 26.4 Å². The summed E-state index contributed by atoms with van der Waals surface area (Å²) in [4.78, 5) is 4.53. The van der Waals surface area contributed by atoms with Gasteiger partial charge in [0.05, 0.1) is 16.8 Å². The Morgan fingerprint density at radius 3 is 2.90 bits per heavy atom. The van der Waals surface area contributed by atoms with Gasteiger partial charge in [0.1, 0.15) is 5.01 Å². The van der Waals surface area contributed by atoms with Gasteiger partial charge in [0.15, 0.2) is 0 Å². The standard InChI is InChI=1S/C16H12ClNOS/c17-13-5-6-15-14(9-13)18-16(20-15)7-4-11-2-1-3-12(8-11)10-19/h1-9,19H,10H2/b7-4+. The molecule has 0 saturated carbocycles. The van der Waals surface area contributed by atoms with Crippen LogP contribution in [-0.4, -0.2) is 10.1 Å². The molecule has 3 rings (SSSR count). The highest BCUT2D eigenvalue weighted by atomic mass is 35.5. The predicted molar refractivity (Wildman–Crippen MR) is 85.9 cm³/mol. The number of benzene rings is 2. The van der Waals surface area contributed by atoms with Gasteiger partial charge in [-0.2, -0.15) is 0 Å². The largest absolute Gasteiger partial charge is 0.392 e. The molecule has 1 aromatic heterocycles. The summed E-state index contributed by atoms with van der Waals surface area (Å²) in [6, 6.07) is 13.5. The van der Waals surface area contributed by atoms with Gasteiger partial charge in [-0.05, 0) is 41.5 Å². The van der Waals surface area contributed by atoms with Crippen molar-refractivity contribution in [3.8, 4) is 0 Å². The van der Waals surface area contributed by atoms with Gasteiger partial charge in [-0.1, -0.05) is 35.9 Å². The lowest BCUT2D eigenvalue weighted by Crippen LogP contribution is -1.82. The summed E-state index contributed by atoms with van der Waals surface area (Å²) in [5.41, 5.74) is 2.88. The second kappa shape index (κ2) is 5.75. The summed E-state index contributed by atoms with van der Waals surface area (Å²) in [5, 5.41) is 10.8. The molecule has 0 aliphatic carbocycles. The lowest BCUT2D eigenvalue weighted by atomic mass is 10.1. The molecule has 2 nitrogen and oxygen atoms in total.